The number of rotatable bonds is 8. The van der Waals surface area contributed by atoms with Gasteiger partial charge < -0.3 is 16.2 Å². The van der Waals surface area contributed by atoms with Crippen LogP contribution in [0.4, 0.5) is 0 Å². The minimum atomic E-state index is -0.576. The van der Waals surface area contributed by atoms with Crippen molar-refractivity contribution in [2.75, 3.05) is 7.05 Å². The molecule has 1 aliphatic rings. The maximum Gasteiger partial charge on any atom is 0.222 e. The molecule has 0 aromatic heterocycles. The molecule has 0 bridgehead atoms. The number of carbonyl (C=O) groups is 1. The van der Waals surface area contributed by atoms with Crippen LogP contribution in [0.2, 0.25) is 0 Å². The Labute approximate surface area is 129 Å². The fraction of sp³-hybridized carbons (Fsp3) is 0.941. The predicted molar refractivity (Wildman–Crippen MR) is 86.8 cm³/mol. The zero-order chi connectivity index (χ0) is 15.8. The largest absolute Gasteiger partial charge is 0.391 e. The van der Waals surface area contributed by atoms with E-state index < -0.39 is 6.10 Å². The summed E-state index contributed by atoms with van der Waals surface area (Å²) in [6, 6.07) is -0.201. The summed E-state index contributed by atoms with van der Waals surface area (Å²) in [6.45, 7) is 4.20. The molecule has 1 fully saturated rings. The van der Waals surface area contributed by atoms with E-state index >= 15 is 0 Å². The average molecular weight is 298 g/mol. The third-order valence-corrected chi connectivity index (χ3v) is 4.72. The molecule has 21 heavy (non-hydrogen) atoms. The molecule has 3 atom stereocenters. The van der Waals surface area contributed by atoms with Crippen LogP contribution in [-0.2, 0) is 4.79 Å². The van der Waals surface area contributed by atoms with Crippen LogP contribution in [0.3, 0.4) is 0 Å². The molecule has 1 aliphatic carbocycles. The quantitative estimate of drug-likeness (QED) is 0.644. The molecule has 0 radical (unpaired) electrons. The van der Waals surface area contributed by atoms with Crippen LogP contribution in [0.15, 0.2) is 0 Å². The highest BCUT2D eigenvalue weighted by Crippen LogP contribution is 2.28. The number of hydrogen-bond donors (Lipinski definition) is 3. The summed E-state index contributed by atoms with van der Waals surface area (Å²) in [6.07, 6.45) is 8.00. The Morgan fingerprint density at radius 2 is 1.86 bits per heavy atom. The smallest absolute Gasteiger partial charge is 0.222 e. The number of aliphatic hydroxyl groups excluding tert-OH is 1. The van der Waals surface area contributed by atoms with Crippen LogP contribution in [-0.4, -0.2) is 30.2 Å². The van der Waals surface area contributed by atoms with E-state index in [-0.39, 0.29) is 17.9 Å². The molecule has 4 nitrogen and oxygen atoms in total. The van der Waals surface area contributed by atoms with Crippen molar-refractivity contribution in [2.24, 2.45) is 23.5 Å². The van der Waals surface area contributed by atoms with Gasteiger partial charge in [0.1, 0.15) is 0 Å². The first-order valence-corrected chi connectivity index (χ1v) is 8.59. The van der Waals surface area contributed by atoms with Crippen LogP contribution in [0.25, 0.3) is 0 Å². The van der Waals surface area contributed by atoms with Crippen molar-refractivity contribution in [1.82, 2.24) is 5.32 Å². The molecule has 1 amide bonds. The van der Waals surface area contributed by atoms with Crippen molar-refractivity contribution in [3.63, 3.8) is 0 Å². The number of amides is 1. The van der Waals surface area contributed by atoms with Crippen LogP contribution >= 0.6 is 0 Å². The lowest BCUT2D eigenvalue weighted by molar-refractivity contribution is -0.126. The van der Waals surface area contributed by atoms with E-state index in [1.165, 1.54) is 32.1 Å². The minimum Gasteiger partial charge on any atom is -0.391 e. The summed E-state index contributed by atoms with van der Waals surface area (Å²) in [7, 11) is 1.66. The lowest BCUT2D eigenvalue weighted by atomic mass is 9.82. The molecule has 4 heteroatoms. The Bertz CT molecular complexity index is 301. The van der Waals surface area contributed by atoms with E-state index in [4.69, 9.17) is 5.73 Å². The van der Waals surface area contributed by atoms with Crippen molar-refractivity contribution in [3.05, 3.63) is 0 Å². The minimum absolute atomic E-state index is 0.0209. The monoisotopic (exact) mass is 298 g/mol. The Balaban J connectivity index is 2.46. The molecule has 0 aromatic rings. The molecule has 4 N–H and O–H groups in total. The second-order valence-corrected chi connectivity index (χ2v) is 7.15. The Hall–Kier alpha value is -0.610. The Morgan fingerprint density at radius 3 is 2.38 bits per heavy atom. The van der Waals surface area contributed by atoms with E-state index in [0.29, 0.717) is 18.3 Å². The van der Waals surface area contributed by atoms with Gasteiger partial charge >= 0.3 is 0 Å². The molecule has 0 heterocycles. The van der Waals surface area contributed by atoms with Crippen LogP contribution in [0.5, 0.6) is 0 Å². The van der Waals surface area contributed by atoms with E-state index in [0.717, 1.165) is 12.8 Å². The molecule has 0 spiro atoms. The number of nitrogens with two attached hydrogens (primary N) is 1. The van der Waals surface area contributed by atoms with Crippen molar-refractivity contribution < 1.29 is 9.90 Å². The summed E-state index contributed by atoms with van der Waals surface area (Å²) in [5, 5.41) is 13.1. The van der Waals surface area contributed by atoms with Gasteiger partial charge in [-0.3, -0.25) is 4.79 Å². The van der Waals surface area contributed by atoms with Crippen LogP contribution < -0.4 is 11.1 Å². The molecular weight excluding hydrogens is 264 g/mol. The van der Waals surface area contributed by atoms with Gasteiger partial charge in [-0.15, -0.1) is 0 Å². The van der Waals surface area contributed by atoms with E-state index in [9.17, 15) is 9.90 Å². The first kappa shape index (κ1) is 18.4. The lowest BCUT2D eigenvalue weighted by Gasteiger charge is -2.29. The second-order valence-electron chi connectivity index (χ2n) is 7.15. The average Bonchev–Trinajstić information content (AvgIpc) is 2.46. The summed E-state index contributed by atoms with van der Waals surface area (Å²) in [4.78, 5) is 11.9. The van der Waals surface area contributed by atoms with Gasteiger partial charge in [-0.2, -0.15) is 0 Å². The van der Waals surface area contributed by atoms with Gasteiger partial charge in [0.15, 0.2) is 0 Å². The second kappa shape index (κ2) is 9.42. The topological polar surface area (TPSA) is 75.3 Å². The lowest BCUT2D eigenvalue weighted by Crippen LogP contribution is -2.40. The normalized spacial score (nSPS) is 21.0. The molecule has 1 rings (SSSR count). The van der Waals surface area contributed by atoms with Gasteiger partial charge in [0, 0.05) is 19.0 Å². The molecular formula is C17H34N2O2. The van der Waals surface area contributed by atoms with Gasteiger partial charge in [-0.25, -0.2) is 0 Å². The van der Waals surface area contributed by atoms with Gasteiger partial charge in [-0.1, -0.05) is 46.0 Å². The van der Waals surface area contributed by atoms with Crippen molar-refractivity contribution in [1.29, 1.82) is 0 Å². The number of hydrogen-bond acceptors (Lipinski definition) is 3. The maximum atomic E-state index is 11.9. The Morgan fingerprint density at radius 1 is 1.24 bits per heavy atom. The molecule has 1 saturated carbocycles. The summed E-state index contributed by atoms with van der Waals surface area (Å²) >= 11 is 0. The first-order valence-electron chi connectivity index (χ1n) is 8.59. The van der Waals surface area contributed by atoms with Crippen LogP contribution in [0.1, 0.15) is 65.2 Å². The van der Waals surface area contributed by atoms with Crippen molar-refractivity contribution in [3.8, 4) is 0 Å². The predicted octanol–water partition coefficient (Wildman–Crippen LogP) is 2.44. The van der Waals surface area contributed by atoms with Crippen LogP contribution in [0, 0.1) is 17.8 Å². The third-order valence-electron chi connectivity index (χ3n) is 4.72. The highest BCUT2D eigenvalue weighted by Gasteiger charge is 2.27. The van der Waals surface area contributed by atoms with Gasteiger partial charge in [0.2, 0.25) is 5.91 Å². The standard InChI is InChI=1S/C17H34N2O2/c1-12(2)9-14(17(21)19-3)11-16(20)15(18)10-13-7-5-4-6-8-13/h12-16,20H,4-11,18H2,1-3H3,(H,19,21)/t14?,15-,16?/m0/s1. The van der Waals surface area contributed by atoms with E-state index in [2.05, 4.69) is 19.2 Å². The summed E-state index contributed by atoms with van der Waals surface area (Å²) in [5.41, 5.74) is 6.19. The van der Waals surface area contributed by atoms with E-state index in [1.807, 2.05) is 0 Å². The fourth-order valence-electron chi connectivity index (χ4n) is 3.51. The molecule has 0 saturated heterocycles. The van der Waals surface area contributed by atoms with E-state index in [1.54, 1.807) is 7.05 Å². The third kappa shape index (κ3) is 6.79. The highest BCUT2D eigenvalue weighted by molar-refractivity contribution is 5.78. The number of aliphatic hydroxyl groups is 1. The molecule has 0 aromatic carbocycles. The Kier molecular flexibility index (Phi) is 8.27. The molecule has 0 aliphatic heterocycles. The fourth-order valence-corrected chi connectivity index (χ4v) is 3.51. The number of nitrogens with one attached hydrogen (secondary N) is 1. The molecule has 2 unspecified atom stereocenters. The highest BCUT2D eigenvalue weighted by atomic mass is 16.3. The zero-order valence-corrected chi connectivity index (χ0v) is 14.0. The van der Waals surface area contributed by atoms with Gasteiger partial charge in [-0.05, 0) is 31.1 Å². The molecule has 124 valence electrons. The summed E-state index contributed by atoms with van der Waals surface area (Å²) in [5.74, 6) is 0.982. The van der Waals surface area contributed by atoms with Gasteiger partial charge in [0.25, 0.3) is 0 Å². The summed E-state index contributed by atoms with van der Waals surface area (Å²) < 4.78 is 0. The SMILES string of the molecule is CNC(=O)C(CC(C)C)CC(O)[C@@H](N)CC1CCCCC1. The number of carbonyl (C=O) groups excluding carboxylic acids is 1. The maximum absolute atomic E-state index is 11.9. The van der Waals surface area contributed by atoms with Crippen molar-refractivity contribution in [2.45, 2.75) is 77.4 Å². The van der Waals surface area contributed by atoms with Gasteiger partial charge in [0.05, 0.1) is 6.10 Å². The first-order chi connectivity index (χ1) is 9.93. The zero-order valence-electron chi connectivity index (χ0n) is 14.0. The van der Waals surface area contributed by atoms with Crippen molar-refractivity contribution >= 4 is 5.91 Å².